The van der Waals surface area contributed by atoms with Gasteiger partial charge in [0.2, 0.25) is 0 Å². The zero-order valence-electron chi connectivity index (χ0n) is 18.8. The number of carbonyl (C=O) groups excluding carboxylic acids is 4. The van der Waals surface area contributed by atoms with Crippen molar-refractivity contribution >= 4 is 24.0 Å². The fraction of sp³-hybridized carbons (Fsp3) is 0.810. The number of ketones is 1. The molecule has 0 atom stereocenters. The van der Waals surface area contributed by atoms with E-state index in [1.54, 1.807) is 27.7 Å². The second-order valence-electron chi connectivity index (χ2n) is 9.41. The molecular weight excluding hydrogens is 364 g/mol. The molecule has 0 spiro atoms. The molecule has 0 aliphatic heterocycles. The highest BCUT2D eigenvalue weighted by Gasteiger charge is 2.38. The van der Waals surface area contributed by atoms with Gasteiger partial charge >= 0.3 is 11.9 Å². The minimum atomic E-state index is -1.18. The van der Waals surface area contributed by atoms with Crippen LogP contribution in [0.4, 0.5) is 0 Å². The van der Waals surface area contributed by atoms with Gasteiger partial charge in [0.05, 0.1) is 18.8 Å². The first-order valence-corrected chi connectivity index (χ1v) is 9.49. The summed E-state index contributed by atoms with van der Waals surface area (Å²) in [5.74, 6) is -1.38. The summed E-state index contributed by atoms with van der Waals surface area (Å²) in [6, 6.07) is 0. The van der Waals surface area contributed by atoms with Crippen LogP contribution in [0, 0.1) is 10.8 Å². The molecule has 0 N–H and O–H groups in total. The van der Waals surface area contributed by atoms with Gasteiger partial charge in [-0.2, -0.15) is 0 Å². The van der Waals surface area contributed by atoms with E-state index in [4.69, 9.17) is 14.2 Å². The van der Waals surface area contributed by atoms with Crippen LogP contribution in [0.3, 0.4) is 0 Å². The summed E-state index contributed by atoms with van der Waals surface area (Å²) in [5.41, 5.74) is -3.70. The van der Waals surface area contributed by atoms with Gasteiger partial charge in [-0.05, 0) is 62.3 Å². The van der Waals surface area contributed by atoms with E-state index in [-0.39, 0.29) is 12.4 Å². The molecular formula is C21H36O7. The normalized spacial score (nSPS) is 13.0. The first kappa shape index (κ1) is 26.2. The first-order valence-electron chi connectivity index (χ1n) is 9.49. The number of carbonyl (C=O) groups is 4. The molecule has 0 saturated heterocycles. The van der Waals surface area contributed by atoms with Crippen molar-refractivity contribution < 1.29 is 33.4 Å². The fourth-order valence-electron chi connectivity index (χ4n) is 1.84. The summed E-state index contributed by atoms with van der Waals surface area (Å²) in [7, 11) is 0. The smallest absolute Gasteiger partial charge is 0.319 e. The number of ether oxygens (including phenoxy) is 3. The number of esters is 2. The average Bonchev–Trinajstić information content (AvgIpc) is 2.53. The molecule has 0 fully saturated rings. The summed E-state index contributed by atoms with van der Waals surface area (Å²) < 4.78 is 16.5. The first-order chi connectivity index (χ1) is 12.5. The Bertz CT molecular complexity index is 586. The van der Waals surface area contributed by atoms with Crippen LogP contribution in [-0.4, -0.2) is 48.4 Å². The van der Waals surface area contributed by atoms with E-state index in [1.807, 2.05) is 13.8 Å². The van der Waals surface area contributed by atoms with Crippen molar-refractivity contribution in [2.24, 2.45) is 10.8 Å². The molecule has 0 aliphatic rings. The minimum absolute atomic E-state index is 0.133. The largest absolute Gasteiger partial charge is 0.465 e. The minimum Gasteiger partial charge on any atom is -0.465 e. The zero-order chi connectivity index (χ0) is 22.4. The van der Waals surface area contributed by atoms with Gasteiger partial charge in [0.25, 0.3) is 0 Å². The maximum atomic E-state index is 12.2. The van der Waals surface area contributed by atoms with E-state index < -0.39 is 34.0 Å². The second-order valence-corrected chi connectivity index (χ2v) is 9.41. The van der Waals surface area contributed by atoms with Crippen molar-refractivity contribution in [2.45, 2.75) is 86.4 Å². The molecule has 0 rings (SSSR count). The molecule has 7 heteroatoms. The maximum Gasteiger partial charge on any atom is 0.319 e. The third-order valence-corrected chi connectivity index (χ3v) is 4.71. The lowest BCUT2D eigenvalue weighted by Gasteiger charge is -2.32. The van der Waals surface area contributed by atoms with E-state index in [9.17, 15) is 19.2 Å². The van der Waals surface area contributed by atoms with E-state index in [0.717, 1.165) is 0 Å². The van der Waals surface area contributed by atoms with E-state index in [0.29, 0.717) is 25.7 Å². The van der Waals surface area contributed by atoms with Crippen LogP contribution in [0.1, 0.15) is 75.2 Å². The molecule has 0 unspecified atom stereocenters. The molecule has 0 aromatic heterocycles. The maximum absolute atomic E-state index is 12.2. The topological polar surface area (TPSA) is 96.0 Å². The average molecular weight is 401 g/mol. The van der Waals surface area contributed by atoms with Crippen LogP contribution in [0.2, 0.25) is 0 Å². The highest BCUT2D eigenvalue weighted by Crippen LogP contribution is 2.25. The summed E-state index contributed by atoms with van der Waals surface area (Å²) in [5, 5.41) is 0. The van der Waals surface area contributed by atoms with Gasteiger partial charge in [-0.25, -0.2) is 0 Å². The molecule has 0 radical (unpaired) electrons. The highest BCUT2D eigenvalue weighted by atomic mass is 16.6. The summed E-state index contributed by atoms with van der Waals surface area (Å²) >= 11 is 0. The third kappa shape index (κ3) is 8.50. The number of Topliss-reactive ketones (excluding diaryl/α,β-unsaturated/α-hetero) is 1. The van der Waals surface area contributed by atoms with Gasteiger partial charge in [-0.1, -0.05) is 0 Å². The molecule has 0 heterocycles. The third-order valence-electron chi connectivity index (χ3n) is 4.71. The van der Waals surface area contributed by atoms with Crippen molar-refractivity contribution in [1.29, 1.82) is 0 Å². The van der Waals surface area contributed by atoms with Gasteiger partial charge in [-0.15, -0.1) is 0 Å². The van der Waals surface area contributed by atoms with Crippen molar-refractivity contribution in [3.8, 4) is 0 Å². The Hall–Kier alpha value is -1.76. The fourth-order valence-corrected chi connectivity index (χ4v) is 1.84. The molecule has 0 aliphatic carbocycles. The van der Waals surface area contributed by atoms with E-state index in [2.05, 4.69) is 0 Å². The molecule has 7 nitrogen and oxygen atoms in total. The van der Waals surface area contributed by atoms with Crippen molar-refractivity contribution in [3.05, 3.63) is 0 Å². The monoisotopic (exact) mass is 400 g/mol. The predicted molar refractivity (Wildman–Crippen MR) is 105 cm³/mol. The Morgan fingerprint density at radius 3 is 1.75 bits per heavy atom. The lowest BCUT2D eigenvalue weighted by Crippen LogP contribution is -2.40. The Kier molecular flexibility index (Phi) is 9.03. The predicted octanol–water partition coefficient (Wildman–Crippen LogP) is 3.27. The lowest BCUT2D eigenvalue weighted by atomic mass is 9.89. The quantitative estimate of drug-likeness (QED) is 0.282. The van der Waals surface area contributed by atoms with Crippen molar-refractivity contribution in [2.75, 3.05) is 13.2 Å². The van der Waals surface area contributed by atoms with Crippen LogP contribution in [0.5, 0.6) is 0 Å². The van der Waals surface area contributed by atoms with Gasteiger partial charge in [0, 0.05) is 12.8 Å². The van der Waals surface area contributed by atoms with E-state index in [1.165, 1.54) is 20.8 Å². The standard InChI is InChI=1S/C21H36O7/c1-15(23)21(8,9)17(25)28-20(6,7)11-13-27-19(4,5)10-12-26-16(24)18(2,3)14-22/h14H,10-13H2,1-9H3. The summed E-state index contributed by atoms with van der Waals surface area (Å²) in [4.78, 5) is 46.5. The molecule has 0 amide bonds. The number of rotatable bonds is 12. The molecule has 0 aromatic carbocycles. The highest BCUT2D eigenvalue weighted by molar-refractivity contribution is 6.01. The molecule has 28 heavy (non-hydrogen) atoms. The lowest BCUT2D eigenvalue weighted by molar-refractivity contribution is -0.171. The number of hydrogen-bond acceptors (Lipinski definition) is 7. The van der Waals surface area contributed by atoms with Gasteiger partial charge in [0.1, 0.15) is 28.5 Å². The second kappa shape index (κ2) is 9.63. The van der Waals surface area contributed by atoms with Gasteiger partial charge < -0.3 is 19.0 Å². The number of hydrogen-bond donors (Lipinski definition) is 0. The number of aldehydes is 1. The Balaban J connectivity index is 4.48. The molecule has 0 aromatic rings. The van der Waals surface area contributed by atoms with Crippen LogP contribution in [-0.2, 0) is 33.4 Å². The molecule has 162 valence electrons. The van der Waals surface area contributed by atoms with Crippen LogP contribution in [0.15, 0.2) is 0 Å². The Labute approximate surface area is 168 Å². The Morgan fingerprint density at radius 1 is 0.786 bits per heavy atom. The zero-order valence-corrected chi connectivity index (χ0v) is 18.8. The molecule has 0 saturated carbocycles. The molecule has 0 bridgehead atoms. The van der Waals surface area contributed by atoms with Gasteiger partial charge in [-0.3, -0.25) is 14.4 Å². The van der Waals surface area contributed by atoms with E-state index >= 15 is 0 Å². The Morgan fingerprint density at radius 2 is 1.29 bits per heavy atom. The van der Waals surface area contributed by atoms with Crippen LogP contribution < -0.4 is 0 Å². The summed E-state index contributed by atoms with van der Waals surface area (Å²) in [6.07, 6.45) is 1.45. The summed E-state index contributed by atoms with van der Waals surface area (Å²) in [6.45, 7) is 15.2. The van der Waals surface area contributed by atoms with Crippen LogP contribution in [0.25, 0.3) is 0 Å². The van der Waals surface area contributed by atoms with Crippen molar-refractivity contribution in [1.82, 2.24) is 0 Å². The SMILES string of the molecule is CC(=O)C(C)(C)C(=O)OC(C)(C)CCOC(C)(C)CCOC(=O)C(C)(C)C=O. The van der Waals surface area contributed by atoms with Crippen molar-refractivity contribution in [3.63, 3.8) is 0 Å². The van der Waals surface area contributed by atoms with Gasteiger partial charge in [0.15, 0.2) is 0 Å². The van der Waals surface area contributed by atoms with Crippen LogP contribution >= 0.6 is 0 Å².